The average Bonchev–Trinajstić information content (AvgIpc) is 3.21. The zero-order valence-electron chi connectivity index (χ0n) is 22.4. The summed E-state index contributed by atoms with van der Waals surface area (Å²) < 4.78 is 0. The number of nitrogens with one attached hydrogen (secondary N) is 1. The lowest BCUT2D eigenvalue weighted by Crippen LogP contribution is -2.51. The van der Waals surface area contributed by atoms with E-state index in [1.165, 1.54) is 5.69 Å². The van der Waals surface area contributed by atoms with Gasteiger partial charge >= 0.3 is 0 Å². The molecular weight excluding hydrogens is 522 g/mol. The quantitative estimate of drug-likeness (QED) is 0.337. The van der Waals surface area contributed by atoms with Gasteiger partial charge in [-0.05, 0) is 42.8 Å². The van der Waals surface area contributed by atoms with Crippen molar-refractivity contribution in [2.24, 2.45) is 0 Å². The van der Waals surface area contributed by atoms with Gasteiger partial charge in [-0.15, -0.1) is 0 Å². The molecule has 3 N–H and O–H groups in total. The van der Waals surface area contributed by atoms with E-state index in [0.717, 1.165) is 54.1 Å². The number of piperazine rings is 1. The molecule has 0 spiro atoms. The summed E-state index contributed by atoms with van der Waals surface area (Å²) >= 11 is 6.01. The molecule has 40 heavy (non-hydrogen) atoms. The van der Waals surface area contributed by atoms with Gasteiger partial charge in [0.1, 0.15) is 11.9 Å². The van der Waals surface area contributed by atoms with Crippen LogP contribution < -0.4 is 20.9 Å². The standard InChI is InChI=1S/C31H32ClN7O/c1-21-7-12-27-26(17-21)28(35-31-34-19-23(29(33)36-31)18-22-8-10-24(32)11-9-22)30(40)39(27)20-37-13-15-38(16-14-37)25-5-3-2-4-6-25/h2-12,17,19,28H,13-16,18,20H2,1H3,(H3,33,34,35,36). The van der Waals surface area contributed by atoms with Crippen LogP contribution in [0.5, 0.6) is 0 Å². The number of halogens is 1. The van der Waals surface area contributed by atoms with Crippen LogP contribution in [0, 0.1) is 6.92 Å². The van der Waals surface area contributed by atoms with Crippen LogP contribution in [0.3, 0.4) is 0 Å². The zero-order valence-corrected chi connectivity index (χ0v) is 23.2. The minimum absolute atomic E-state index is 0.0153. The molecule has 1 atom stereocenters. The number of anilines is 4. The molecule has 2 aliphatic rings. The fourth-order valence-corrected chi connectivity index (χ4v) is 5.53. The van der Waals surface area contributed by atoms with Crippen molar-refractivity contribution < 1.29 is 4.79 Å². The van der Waals surface area contributed by atoms with Crippen molar-refractivity contribution >= 4 is 40.6 Å². The molecule has 3 heterocycles. The highest BCUT2D eigenvalue weighted by Gasteiger charge is 2.39. The fourth-order valence-electron chi connectivity index (χ4n) is 5.41. The Morgan fingerprint density at radius 2 is 1.75 bits per heavy atom. The van der Waals surface area contributed by atoms with Gasteiger partial charge in [0.15, 0.2) is 0 Å². The van der Waals surface area contributed by atoms with E-state index in [0.29, 0.717) is 29.9 Å². The van der Waals surface area contributed by atoms with Crippen LogP contribution in [0.25, 0.3) is 0 Å². The summed E-state index contributed by atoms with van der Waals surface area (Å²) in [6.07, 6.45) is 2.32. The summed E-state index contributed by atoms with van der Waals surface area (Å²) in [7, 11) is 0. The number of amides is 1. The van der Waals surface area contributed by atoms with Gasteiger partial charge in [0.05, 0.1) is 12.4 Å². The van der Waals surface area contributed by atoms with E-state index < -0.39 is 6.04 Å². The molecule has 1 amide bonds. The van der Waals surface area contributed by atoms with Crippen molar-refractivity contribution in [1.82, 2.24) is 14.9 Å². The molecule has 0 bridgehead atoms. The number of aryl methyl sites for hydroxylation is 1. The Morgan fingerprint density at radius 1 is 1.00 bits per heavy atom. The molecule has 2 aliphatic heterocycles. The normalized spacial score (nSPS) is 17.2. The molecule has 1 aromatic heterocycles. The third kappa shape index (κ3) is 5.46. The number of nitrogen functional groups attached to an aromatic ring is 1. The first kappa shape index (κ1) is 26.1. The number of carbonyl (C=O) groups is 1. The number of benzene rings is 3. The molecule has 6 rings (SSSR count). The summed E-state index contributed by atoms with van der Waals surface area (Å²) in [6, 6.07) is 23.7. The predicted molar refractivity (Wildman–Crippen MR) is 161 cm³/mol. The van der Waals surface area contributed by atoms with Crippen molar-refractivity contribution in [2.45, 2.75) is 19.4 Å². The van der Waals surface area contributed by atoms with E-state index in [9.17, 15) is 4.79 Å². The highest BCUT2D eigenvalue weighted by molar-refractivity contribution is 6.30. The van der Waals surface area contributed by atoms with Gasteiger partial charge < -0.3 is 16.0 Å². The fraction of sp³-hybridized carbons (Fsp3) is 0.258. The van der Waals surface area contributed by atoms with Crippen LogP contribution in [-0.2, 0) is 11.2 Å². The second kappa shape index (κ2) is 11.2. The number of fused-ring (bicyclic) bond motifs is 1. The summed E-state index contributed by atoms with van der Waals surface area (Å²) in [4.78, 5) is 29.4. The van der Waals surface area contributed by atoms with Gasteiger partial charge in [-0.1, -0.05) is 59.6 Å². The Bertz CT molecular complexity index is 1500. The maximum Gasteiger partial charge on any atom is 0.255 e. The molecule has 8 nitrogen and oxygen atoms in total. The lowest BCUT2D eigenvalue weighted by molar-refractivity contribution is -0.119. The van der Waals surface area contributed by atoms with Crippen LogP contribution >= 0.6 is 11.6 Å². The van der Waals surface area contributed by atoms with E-state index in [1.54, 1.807) is 6.20 Å². The summed E-state index contributed by atoms with van der Waals surface area (Å²) in [5.41, 5.74) is 12.4. The number of hydrogen-bond donors (Lipinski definition) is 2. The summed E-state index contributed by atoms with van der Waals surface area (Å²) in [5.74, 6) is 0.704. The Labute approximate surface area is 239 Å². The van der Waals surface area contributed by atoms with E-state index in [-0.39, 0.29) is 5.91 Å². The van der Waals surface area contributed by atoms with Crippen molar-refractivity contribution in [3.8, 4) is 0 Å². The van der Waals surface area contributed by atoms with Crippen molar-refractivity contribution in [2.75, 3.05) is 53.7 Å². The summed E-state index contributed by atoms with van der Waals surface area (Å²) in [6.45, 7) is 6.18. The largest absolute Gasteiger partial charge is 0.383 e. The van der Waals surface area contributed by atoms with Crippen molar-refractivity contribution in [3.05, 3.63) is 106 Å². The predicted octanol–water partition coefficient (Wildman–Crippen LogP) is 4.89. The maximum absolute atomic E-state index is 13.8. The van der Waals surface area contributed by atoms with Crippen LogP contribution in [0.4, 0.5) is 23.1 Å². The molecule has 0 aliphatic carbocycles. The molecule has 9 heteroatoms. The van der Waals surface area contributed by atoms with E-state index in [4.69, 9.17) is 17.3 Å². The number of carbonyl (C=O) groups excluding carboxylic acids is 1. The smallest absolute Gasteiger partial charge is 0.255 e. The van der Waals surface area contributed by atoms with Gasteiger partial charge in [-0.3, -0.25) is 14.6 Å². The molecule has 1 unspecified atom stereocenters. The summed E-state index contributed by atoms with van der Waals surface area (Å²) in [5, 5.41) is 3.96. The van der Waals surface area contributed by atoms with Crippen molar-refractivity contribution in [1.29, 1.82) is 0 Å². The lowest BCUT2D eigenvalue weighted by Gasteiger charge is -2.37. The topological polar surface area (TPSA) is 90.6 Å². The first-order valence-corrected chi connectivity index (χ1v) is 13.9. The Morgan fingerprint density at radius 3 is 2.48 bits per heavy atom. The molecule has 3 aromatic carbocycles. The minimum atomic E-state index is -0.581. The van der Waals surface area contributed by atoms with E-state index >= 15 is 0 Å². The van der Waals surface area contributed by atoms with Gasteiger partial charge in [-0.25, -0.2) is 4.98 Å². The average molecular weight is 554 g/mol. The van der Waals surface area contributed by atoms with Crippen LogP contribution in [0.1, 0.15) is 28.3 Å². The molecule has 0 radical (unpaired) electrons. The van der Waals surface area contributed by atoms with Gasteiger partial charge in [0.2, 0.25) is 5.95 Å². The third-order valence-electron chi connectivity index (χ3n) is 7.61. The van der Waals surface area contributed by atoms with E-state index in [2.05, 4.69) is 61.5 Å². The second-order valence-electron chi connectivity index (χ2n) is 10.4. The van der Waals surface area contributed by atoms with Gasteiger partial charge in [-0.2, -0.15) is 4.98 Å². The number of hydrogen-bond acceptors (Lipinski definition) is 7. The van der Waals surface area contributed by atoms with Gasteiger partial charge in [0.25, 0.3) is 5.91 Å². The molecule has 4 aromatic rings. The highest BCUT2D eigenvalue weighted by Crippen LogP contribution is 2.38. The van der Waals surface area contributed by atoms with Crippen LogP contribution in [0.15, 0.2) is 79.0 Å². The SMILES string of the molecule is Cc1ccc2c(c1)C(Nc1ncc(Cc3ccc(Cl)cc3)c(N)n1)C(=O)N2CN1CCN(c2ccccc2)CC1. The Kier molecular flexibility index (Phi) is 7.28. The second-order valence-corrected chi connectivity index (χ2v) is 10.8. The maximum atomic E-state index is 13.8. The van der Waals surface area contributed by atoms with Crippen molar-refractivity contribution in [3.63, 3.8) is 0 Å². The van der Waals surface area contributed by atoms with E-state index in [1.807, 2.05) is 48.2 Å². The molecule has 204 valence electrons. The lowest BCUT2D eigenvalue weighted by atomic mass is 10.1. The number of rotatable bonds is 7. The third-order valence-corrected chi connectivity index (χ3v) is 7.86. The molecule has 1 fully saturated rings. The number of nitrogens with zero attached hydrogens (tertiary/aromatic N) is 5. The van der Waals surface area contributed by atoms with Crippen LogP contribution in [-0.4, -0.2) is 53.6 Å². The molecule has 0 saturated carbocycles. The van der Waals surface area contributed by atoms with Gasteiger partial charge in [0, 0.05) is 60.6 Å². The number of aromatic nitrogens is 2. The monoisotopic (exact) mass is 553 g/mol. The zero-order chi connectivity index (χ0) is 27.6. The Hall–Kier alpha value is -4.14. The number of nitrogens with two attached hydrogens (primary N) is 1. The molecular formula is C31H32ClN7O. The highest BCUT2D eigenvalue weighted by atomic mass is 35.5. The minimum Gasteiger partial charge on any atom is -0.383 e. The van der Waals surface area contributed by atoms with Crippen LogP contribution in [0.2, 0.25) is 5.02 Å². The first-order valence-electron chi connectivity index (χ1n) is 13.5. The molecule has 1 saturated heterocycles. The first-order chi connectivity index (χ1) is 19.4. The number of para-hydroxylation sites is 1. The Balaban J connectivity index is 1.16.